The fraction of sp³-hybridized carbons (Fsp3) is 0.500. The van der Waals surface area contributed by atoms with Gasteiger partial charge in [0.2, 0.25) is 11.8 Å². The highest BCUT2D eigenvalue weighted by Gasteiger charge is 2.50. The van der Waals surface area contributed by atoms with Crippen molar-refractivity contribution in [3.05, 3.63) is 40.0 Å². The molecule has 2 unspecified atom stereocenters. The van der Waals surface area contributed by atoms with E-state index in [0.717, 1.165) is 21.9 Å². The number of amides is 3. The lowest BCUT2D eigenvalue weighted by molar-refractivity contribution is -0.128. The normalized spacial score (nSPS) is 19.7. The Morgan fingerprint density at radius 2 is 2.09 bits per heavy atom. The van der Waals surface area contributed by atoms with Crippen LogP contribution in [0.25, 0.3) is 0 Å². The molecule has 188 valence electrons. The minimum Gasteiger partial charge on any atom is -0.453 e. The molecular weight excluding hydrogens is 508 g/mol. The van der Waals surface area contributed by atoms with E-state index in [9.17, 15) is 14.4 Å². The molecule has 2 aliphatic heterocycles. The van der Waals surface area contributed by atoms with Crippen LogP contribution in [0.2, 0.25) is 5.02 Å². The summed E-state index contributed by atoms with van der Waals surface area (Å²) in [5, 5.41) is 1.14. The Morgan fingerprint density at radius 3 is 2.77 bits per heavy atom. The number of thiazole rings is 1. The summed E-state index contributed by atoms with van der Waals surface area (Å²) in [6, 6.07) is 5.58. The Morgan fingerprint density at radius 1 is 1.31 bits per heavy atom. The van der Waals surface area contributed by atoms with Crippen LogP contribution in [0, 0.1) is 0 Å². The number of hydrogen-bond acceptors (Lipinski definition) is 7. The second kappa shape index (κ2) is 10.4. The average molecular weight is 537 g/mol. The summed E-state index contributed by atoms with van der Waals surface area (Å²) in [5.74, 6) is 0.0167. The summed E-state index contributed by atoms with van der Waals surface area (Å²) >= 11 is 9.26. The number of benzene rings is 1. The quantitative estimate of drug-likeness (QED) is 0.518. The number of rotatable bonds is 6. The van der Waals surface area contributed by atoms with Gasteiger partial charge in [0.05, 0.1) is 29.2 Å². The molecule has 0 aliphatic carbocycles. The van der Waals surface area contributed by atoms with Crippen LogP contribution in [-0.4, -0.2) is 78.8 Å². The Bertz CT molecular complexity index is 1140. The predicted molar refractivity (Wildman–Crippen MR) is 139 cm³/mol. The molecular formula is C24H29ClN4O4S2. The first-order chi connectivity index (χ1) is 16.7. The van der Waals surface area contributed by atoms with E-state index < -0.39 is 0 Å². The van der Waals surface area contributed by atoms with Gasteiger partial charge < -0.3 is 19.4 Å². The molecule has 35 heavy (non-hydrogen) atoms. The van der Waals surface area contributed by atoms with Crippen molar-refractivity contribution in [2.75, 3.05) is 45.7 Å². The average Bonchev–Trinajstić information content (AvgIpc) is 3.55. The summed E-state index contributed by atoms with van der Waals surface area (Å²) in [6.45, 7) is 3.52. The van der Waals surface area contributed by atoms with Gasteiger partial charge in [-0.05, 0) is 36.6 Å². The van der Waals surface area contributed by atoms with Gasteiger partial charge in [0.15, 0.2) is 0 Å². The van der Waals surface area contributed by atoms with Gasteiger partial charge in [-0.15, -0.1) is 23.1 Å². The van der Waals surface area contributed by atoms with Gasteiger partial charge in [0, 0.05) is 49.9 Å². The Labute approximate surface area is 218 Å². The molecule has 0 bridgehead atoms. The molecule has 4 rings (SSSR count). The number of halogens is 1. The fourth-order valence-corrected chi connectivity index (χ4v) is 7.27. The first-order valence-corrected chi connectivity index (χ1v) is 13.5. The zero-order valence-electron chi connectivity index (χ0n) is 20.2. The molecule has 8 nitrogen and oxygen atoms in total. The number of hydrogen-bond donors (Lipinski definition) is 0. The Kier molecular flexibility index (Phi) is 7.63. The van der Waals surface area contributed by atoms with E-state index in [1.54, 1.807) is 41.1 Å². The zero-order chi connectivity index (χ0) is 25.3. The largest absolute Gasteiger partial charge is 0.453 e. The second-order valence-corrected chi connectivity index (χ2v) is 12.1. The lowest BCUT2D eigenvalue weighted by atomic mass is 9.81. The highest BCUT2D eigenvalue weighted by molar-refractivity contribution is 8.02. The number of fused-ring (bicyclic) bond motifs is 2. The molecule has 0 saturated carbocycles. The van der Waals surface area contributed by atoms with Crippen LogP contribution in [0.15, 0.2) is 28.6 Å². The number of nitrogens with zero attached hydrogens (tertiary/aromatic N) is 4. The van der Waals surface area contributed by atoms with E-state index in [1.165, 1.54) is 30.2 Å². The third-order valence-electron chi connectivity index (χ3n) is 6.55. The smallest absolute Gasteiger partial charge is 0.409 e. The van der Waals surface area contributed by atoms with Crippen LogP contribution >= 0.6 is 34.7 Å². The Hall–Kier alpha value is -2.30. The minimum atomic E-state index is -0.366. The monoisotopic (exact) mass is 536 g/mol. The third-order valence-corrected chi connectivity index (χ3v) is 9.27. The first kappa shape index (κ1) is 25.8. The fourth-order valence-electron chi connectivity index (χ4n) is 4.76. The maximum absolute atomic E-state index is 13.4. The summed E-state index contributed by atoms with van der Waals surface area (Å²) in [6.07, 6.45) is 3.00. The lowest BCUT2D eigenvalue weighted by Gasteiger charge is -2.25. The van der Waals surface area contributed by atoms with Crippen molar-refractivity contribution < 1.29 is 19.1 Å². The number of anilines is 1. The number of carbonyl (C=O) groups excluding carboxylic acids is 3. The van der Waals surface area contributed by atoms with Crippen LogP contribution < -0.4 is 4.90 Å². The topological polar surface area (TPSA) is 83.0 Å². The lowest BCUT2D eigenvalue weighted by Crippen LogP contribution is -2.40. The molecule has 1 aromatic heterocycles. The molecule has 2 atom stereocenters. The van der Waals surface area contributed by atoms with Crippen LogP contribution in [-0.2, 0) is 26.2 Å². The van der Waals surface area contributed by atoms with Crippen LogP contribution in [0.3, 0.4) is 0 Å². The third kappa shape index (κ3) is 5.15. The van der Waals surface area contributed by atoms with Gasteiger partial charge in [-0.2, -0.15) is 0 Å². The van der Waals surface area contributed by atoms with Gasteiger partial charge in [-0.1, -0.05) is 18.5 Å². The highest BCUT2D eigenvalue weighted by atomic mass is 35.5. The van der Waals surface area contributed by atoms with Crippen molar-refractivity contribution >= 4 is 58.3 Å². The molecule has 1 aromatic carbocycles. The van der Waals surface area contributed by atoms with E-state index in [-0.39, 0.29) is 35.0 Å². The highest BCUT2D eigenvalue weighted by Crippen LogP contribution is 2.47. The standard InChI is InChI=1S/C24H29ClN4O4S2/c1-5-18(22(31)27(2)3)34-21-12-26-19(35-21)11-20(30)29-14-24(8-9-28(13-24)23(32)33-4)16-10-15(25)6-7-17(16)29/h6-7,10,12,18H,5,8-9,11,13-14H2,1-4H3. The maximum Gasteiger partial charge on any atom is 0.409 e. The number of carbonyl (C=O) groups is 3. The summed E-state index contributed by atoms with van der Waals surface area (Å²) in [7, 11) is 4.89. The van der Waals surface area contributed by atoms with Gasteiger partial charge in [-0.3, -0.25) is 9.59 Å². The van der Waals surface area contributed by atoms with Crippen LogP contribution in [0.4, 0.5) is 10.5 Å². The summed E-state index contributed by atoms with van der Waals surface area (Å²) in [5.41, 5.74) is 1.46. The molecule has 0 radical (unpaired) electrons. The molecule has 3 heterocycles. The van der Waals surface area contributed by atoms with Gasteiger partial charge in [0.25, 0.3) is 0 Å². The summed E-state index contributed by atoms with van der Waals surface area (Å²) < 4.78 is 5.84. The number of likely N-dealkylation sites (tertiary alicyclic amines) is 1. The van der Waals surface area contributed by atoms with Crippen LogP contribution in [0.1, 0.15) is 30.3 Å². The molecule has 0 N–H and O–H groups in total. The van der Waals surface area contributed by atoms with Gasteiger partial charge in [0.1, 0.15) is 5.01 Å². The second-order valence-electron chi connectivity index (χ2n) is 9.06. The van der Waals surface area contributed by atoms with Gasteiger partial charge in [-0.25, -0.2) is 9.78 Å². The molecule has 1 spiro atoms. The minimum absolute atomic E-state index is 0.0516. The summed E-state index contributed by atoms with van der Waals surface area (Å²) in [4.78, 5) is 47.5. The molecule has 1 fully saturated rings. The molecule has 3 amide bonds. The van der Waals surface area contributed by atoms with E-state index >= 15 is 0 Å². The SMILES string of the molecule is CCC(Sc1cnc(CC(=O)N2CC3(CCN(C(=O)OC)C3)c3cc(Cl)ccc32)s1)C(=O)N(C)C. The van der Waals surface area contributed by atoms with Crippen molar-refractivity contribution in [2.24, 2.45) is 0 Å². The van der Waals surface area contributed by atoms with E-state index in [2.05, 4.69) is 4.98 Å². The maximum atomic E-state index is 13.4. The molecule has 2 aliphatic rings. The van der Waals surface area contributed by atoms with E-state index in [1.807, 2.05) is 19.1 Å². The number of ether oxygens (including phenoxy) is 1. The van der Waals surface area contributed by atoms with E-state index in [0.29, 0.717) is 36.1 Å². The first-order valence-electron chi connectivity index (χ1n) is 11.4. The van der Waals surface area contributed by atoms with Crippen molar-refractivity contribution in [2.45, 2.75) is 41.1 Å². The number of aromatic nitrogens is 1. The number of thioether (sulfide) groups is 1. The predicted octanol–water partition coefficient (Wildman–Crippen LogP) is 4.05. The van der Waals surface area contributed by atoms with Crippen molar-refractivity contribution in [3.63, 3.8) is 0 Å². The molecule has 1 saturated heterocycles. The van der Waals surface area contributed by atoms with E-state index in [4.69, 9.17) is 16.3 Å². The number of methoxy groups -OCH3 is 1. The Balaban J connectivity index is 1.50. The van der Waals surface area contributed by atoms with Crippen molar-refractivity contribution in [1.29, 1.82) is 0 Å². The van der Waals surface area contributed by atoms with Crippen molar-refractivity contribution in [3.8, 4) is 0 Å². The zero-order valence-corrected chi connectivity index (χ0v) is 22.6. The molecule has 2 aromatic rings. The van der Waals surface area contributed by atoms with Crippen LogP contribution in [0.5, 0.6) is 0 Å². The molecule has 11 heteroatoms. The van der Waals surface area contributed by atoms with Crippen molar-refractivity contribution in [1.82, 2.24) is 14.8 Å². The van der Waals surface area contributed by atoms with Gasteiger partial charge >= 0.3 is 6.09 Å².